The summed E-state index contributed by atoms with van der Waals surface area (Å²) in [5.74, 6) is 1.05. The van der Waals surface area contributed by atoms with E-state index in [1.165, 1.54) is 21.3 Å². The highest BCUT2D eigenvalue weighted by Gasteiger charge is 2.15. The molecule has 0 unspecified atom stereocenters. The lowest BCUT2D eigenvalue weighted by atomic mass is 10.2. The fourth-order valence-corrected chi connectivity index (χ4v) is 2.19. The Kier molecular flexibility index (Phi) is 5.24. The molecule has 0 bridgehead atoms. The Balaban J connectivity index is 2.19. The van der Waals surface area contributed by atoms with E-state index in [9.17, 15) is 9.59 Å². The van der Waals surface area contributed by atoms with Crippen molar-refractivity contribution in [3.8, 4) is 17.2 Å². The number of benzene rings is 1. The van der Waals surface area contributed by atoms with Crippen LogP contribution in [0.1, 0.15) is 10.5 Å². The molecule has 2 aromatic rings. The molecule has 7 nitrogen and oxygen atoms in total. The third kappa shape index (κ3) is 3.63. The molecule has 0 fully saturated rings. The first-order valence-corrected chi connectivity index (χ1v) is 6.83. The first-order chi connectivity index (χ1) is 11.1. The molecule has 1 N–H and O–H groups in total. The number of nitrogens with zero attached hydrogens (tertiary/aromatic N) is 1. The summed E-state index contributed by atoms with van der Waals surface area (Å²) in [6.45, 7) is 0.0255. The van der Waals surface area contributed by atoms with Crippen molar-refractivity contribution in [2.75, 3.05) is 26.6 Å². The highest BCUT2D eigenvalue weighted by Crippen LogP contribution is 2.39. The third-order valence-electron chi connectivity index (χ3n) is 3.25. The number of hydrogen-bond donors (Lipinski definition) is 1. The number of aldehydes is 1. The first-order valence-electron chi connectivity index (χ1n) is 6.83. The Morgan fingerprint density at radius 1 is 1.17 bits per heavy atom. The van der Waals surface area contributed by atoms with Gasteiger partial charge in [-0.15, -0.1) is 0 Å². The summed E-state index contributed by atoms with van der Waals surface area (Å²) in [6.07, 6.45) is 2.37. The Labute approximate surface area is 133 Å². The van der Waals surface area contributed by atoms with Gasteiger partial charge in [0.15, 0.2) is 17.8 Å². The predicted octanol–water partition coefficient (Wildman–Crippen LogP) is 1.97. The average molecular weight is 318 g/mol. The maximum absolute atomic E-state index is 12.1. The van der Waals surface area contributed by atoms with Crippen molar-refractivity contribution < 1.29 is 23.8 Å². The fourth-order valence-electron chi connectivity index (χ4n) is 2.19. The van der Waals surface area contributed by atoms with Crippen LogP contribution < -0.4 is 19.5 Å². The predicted molar refractivity (Wildman–Crippen MR) is 84.5 cm³/mol. The molecule has 1 aromatic carbocycles. The first kappa shape index (κ1) is 16.4. The van der Waals surface area contributed by atoms with Gasteiger partial charge < -0.3 is 24.1 Å². The Morgan fingerprint density at radius 2 is 1.83 bits per heavy atom. The van der Waals surface area contributed by atoms with Gasteiger partial charge in [-0.05, 0) is 12.1 Å². The molecule has 0 aliphatic heterocycles. The second-order valence-electron chi connectivity index (χ2n) is 4.64. The van der Waals surface area contributed by atoms with Gasteiger partial charge in [0.25, 0.3) is 0 Å². The summed E-state index contributed by atoms with van der Waals surface area (Å²) >= 11 is 0. The normalized spacial score (nSPS) is 10.0. The van der Waals surface area contributed by atoms with Crippen LogP contribution in [0.5, 0.6) is 17.2 Å². The van der Waals surface area contributed by atoms with Gasteiger partial charge in [-0.25, -0.2) is 0 Å². The number of amides is 1. The van der Waals surface area contributed by atoms with Crippen LogP contribution in [0.2, 0.25) is 0 Å². The van der Waals surface area contributed by atoms with Crippen molar-refractivity contribution >= 4 is 17.9 Å². The molecular weight excluding hydrogens is 300 g/mol. The van der Waals surface area contributed by atoms with E-state index in [1.807, 2.05) is 0 Å². The summed E-state index contributed by atoms with van der Waals surface area (Å²) in [4.78, 5) is 23.0. The number of hydrogen-bond acceptors (Lipinski definition) is 5. The van der Waals surface area contributed by atoms with Crippen LogP contribution in [0.25, 0.3) is 0 Å². The van der Waals surface area contributed by atoms with Crippen molar-refractivity contribution in [3.63, 3.8) is 0 Å². The van der Waals surface area contributed by atoms with Crippen molar-refractivity contribution in [2.24, 2.45) is 0 Å². The van der Waals surface area contributed by atoms with Gasteiger partial charge in [-0.3, -0.25) is 9.59 Å². The van der Waals surface area contributed by atoms with E-state index >= 15 is 0 Å². The molecule has 0 radical (unpaired) electrons. The summed E-state index contributed by atoms with van der Waals surface area (Å²) in [5, 5.41) is 2.74. The van der Waals surface area contributed by atoms with Crippen LogP contribution in [-0.2, 0) is 11.3 Å². The fraction of sp³-hybridized carbons (Fsp3) is 0.250. The average Bonchev–Trinajstić information content (AvgIpc) is 3.00. The minimum Gasteiger partial charge on any atom is -0.493 e. The second-order valence-corrected chi connectivity index (χ2v) is 4.64. The van der Waals surface area contributed by atoms with Crippen LogP contribution >= 0.6 is 0 Å². The van der Waals surface area contributed by atoms with Crippen LogP contribution in [-0.4, -0.2) is 38.1 Å². The summed E-state index contributed by atoms with van der Waals surface area (Å²) in [6, 6.07) is 6.61. The van der Waals surface area contributed by atoms with Crippen molar-refractivity contribution in [3.05, 3.63) is 36.2 Å². The largest absolute Gasteiger partial charge is 0.493 e. The maximum Gasteiger partial charge on any atom is 0.244 e. The van der Waals surface area contributed by atoms with E-state index in [2.05, 4.69) is 5.32 Å². The molecule has 23 heavy (non-hydrogen) atoms. The lowest BCUT2D eigenvalue weighted by Crippen LogP contribution is -2.19. The van der Waals surface area contributed by atoms with E-state index in [-0.39, 0.29) is 12.5 Å². The smallest absolute Gasteiger partial charge is 0.244 e. The van der Waals surface area contributed by atoms with Crippen LogP contribution in [0.15, 0.2) is 30.5 Å². The monoisotopic (exact) mass is 318 g/mol. The molecule has 0 spiro atoms. The Morgan fingerprint density at radius 3 is 2.35 bits per heavy atom. The van der Waals surface area contributed by atoms with E-state index in [0.29, 0.717) is 34.9 Å². The van der Waals surface area contributed by atoms with Crippen LogP contribution in [0.3, 0.4) is 0 Å². The van der Waals surface area contributed by atoms with E-state index in [4.69, 9.17) is 14.2 Å². The lowest BCUT2D eigenvalue weighted by Gasteiger charge is -2.15. The summed E-state index contributed by atoms with van der Waals surface area (Å²) < 4.78 is 17.3. The zero-order valence-corrected chi connectivity index (χ0v) is 13.2. The number of aromatic nitrogens is 1. The van der Waals surface area contributed by atoms with Crippen molar-refractivity contribution in [2.45, 2.75) is 6.54 Å². The number of rotatable bonds is 7. The SMILES string of the molecule is COc1cc(NC(=O)Cn2cccc2C=O)cc(OC)c1OC. The molecular formula is C16H18N2O5. The molecule has 1 amide bonds. The minimum absolute atomic E-state index is 0.0255. The standard InChI is InChI=1S/C16H18N2O5/c1-21-13-7-11(8-14(22-2)16(13)23-3)17-15(20)9-18-6-4-5-12(18)10-19/h4-8,10H,9H2,1-3H3,(H,17,20). The maximum atomic E-state index is 12.1. The van der Waals surface area contributed by atoms with Crippen molar-refractivity contribution in [1.29, 1.82) is 0 Å². The number of anilines is 1. The zero-order chi connectivity index (χ0) is 16.8. The molecule has 1 heterocycles. The molecule has 7 heteroatoms. The highest BCUT2D eigenvalue weighted by atomic mass is 16.5. The molecule has 1 aromatic heterocycles. The molecule has 0 aliphatic rings. The van der Waals surface area contributed by atoms with Crippen LogP contribution in [0.4, 0.5) is 5.69 Å². The minimum atomic E-state index is -0.279. The summed E-state index contributed by atoms with van der Waals surface area (Å²) in [5.41, 5.74) is 0.939. The zero-order valence-electron chi connectivity index (χ0n) is 13.2. The van der Waals surface area contributed by atoms with E-state index < -0.39 is 0 Å². The molecule has 0 saturated carbocycles. The van der Waals surface area contributed by atoms with Crippen molar-refractivity contribution in [1.82, 2.24) is 4.57 Å². The highest BCUT2D eigenvalue weighted by molar-refractivity contribution is 5.92. The molecule has 0 aliphatic carbocycles. The van der Waals surface area contributed by atoms with Gasteiger partial charge >= 0.3 is 0 Å². The molecule has 0 atom stereocenters. The molecule has 2 rings (SSSR count). The van der Waals surface area contributed by atoms with Gasteiger partial charge in [-0.1, -0.05) is 0 Å². The topological polar surface area (TPSA) is 78.8 Å². The number of ether oxygens (including phenoxy) is 3. The summed E-state index contributed by atoms with van der Waals surface area (Å²) in [7, 11) is 4.50. The lowest BCUT2D eigenvalue weighted by molar-refractivity contribution is -0.116. The van der Waals surface area contributed by atoms with E-state index in [0.717, 1.165) is 0 Å². The number of carbonyl (C=O) groups is 2. The van der Waals surface area contributed by atoms with Crippen LogP contribution in [0, 0.1) is 0 Å². The van der Waals surface area contributed by atoms with E-state index in [1.54, 1.807) is 35.0 Å². The Bertz CT molecular complexity index is 683. The van der Waals surface area contributed by atoms with Gasteiger partial charge in [0, 0.05) is 24.0 Å². The Hall–Kier alpha value is -2.96. The third-order valence-corrected chi connectivity index (χ3v) is 3.25. The van der Waals surface area contributed by atoms with Gasteiger partial charge in [-0.2, -0.15) is 0 Å². The number of carbonyl (C=O) groups excluding carboxylic acids is 2. The second kappa shape index (κ2) is 7.35. The number of methoxy groups -OCH3 is 3. The van der Waals surface area contributed by atoms with Gasteiger partial charge in [0.05, 0.1) is 27.0 Å². The quantitative estimate of drug-likeness (QED) is 0.790. The van der Waals surface area contributed by atoms with Gasteiger partial charge in [0.2, 0.25) is 11.7 Å². The molecule has 0 saturated heterocycles. The van der Waals surface area contributed by atoms with Gasteiger partial charge in [0.1, 0.15) is 6.54 Å². The molecule has 122 valence electrons. The number of nitrogens with one attached hydrogen (secondary N) is 1.